The van der Waals surface area contributed by atoms with E-state index in [0.717, 1.165) is 0 Å². The molecule has 27 heavy (non-hydrogen) atoms. The number of ether oxygens (including phenoxy) is 1. The largest absolute Gasteiger partial charge is 0.479 e. The van der Waals surface area contributed by atoms with Gasteiger partial charge in [-0.3, -0.25) is 9.59 Å². The number of nitrogens with one attached hydrogen (secondary N) is 1. The minimum Gasteiger partial charge on any atom is -0.479 e. The topological polar surface area (TPSA) is 88.8 Å². The van der Waals surface area contributed by atoms with E-state index in [0.29, 0.717) is 28.1 Å². The first kappa shape index (κ1) is 16.8. The van der Waals surface area contributed by atoms with Crippen LogP contribution < -0.4 is 20.6 Å². The lowest BCUT2D eigenvalue weighted by atomic mass is 10.1. The third-order valence-electron chi connectivity index (χ3n) is 4.45. The quantitative estimate of drug-likeness (QED) is 0.707. The number of para-hydroxylation sites is 1. The summed E-state index contributed by atoms with van der Waals surface area (Å²) in [4.78, 5) is 38.2. The van der Waals surface area contributed by atoms with Gasteiger partial charge in [-0.2, -0.15) is 0 Å². The van der Waals surface area contributed by atoms with Gasteiger partial charge in [0, 0.05) is 18.1 Å². The molecular weight excluding hydrogens is 348 g/mol. The van der Waals surface area contributed by atoms with E-state index in [1.807, 2.05) is 0 Å². The number of fused-ring (bicyclic) bond motifs is 2. The number of carbonyl (C=O) groups excluding carboxylic acids is 2. The van der Waals surface area contributed by atoms with Crippen LogP contribution in [0, 0.1) is 0 Å². The number of anilines is 2. The Balaban J connectivity index is 1.65. The molecule has 2 heterocycles. The Labute approximate surface area is 154 Å². The number of hydrogen-bond donors (Lipinski definition) is 1. The van der Waals surface area contributed by atoms with E-state index in [1.165, 1.54) is 11.0 Å². The SMILES string of the molecule is CC1Oc2ccc(NC(=O)c3cc4ccccc4oc3=O)cc2N(C)C1=O. The molecule has 4 rings (SSSR count). The summed E-state index contributed by atoms with van der Waals surface area (Å²) in [5.74, 6) is -0.220. The molecule has 0 spiro atoms. The molecule has 3 aromatic rings. The number of nitrogens with zero attached hydrogens (tertiary/aromatic N) is 1. The van der Waals surface area contributed by atoms with E-state index in [1.54, 1.807) is 56.4 Å². The lowest BCUT2D eigenvalue weighted by molar-refractivity contribution is -0.125. The van der Waals surface area contributed by atoms with Gasteiger partial charge in [0.25, 0.3) is 11.8 Å². The van der Waals surface area contributed by atoms with Crippen LogP contribution in [-0.4, -0.2) is 25.0 Å². The number of carbonyl (C=O) groups is 2. The van der Waals surface area contributed by atoms with E-state index in [4.69, 9.17) is 9.15 Å². The average Bonchev–Trinajstić information content (AvgIpc) is 2.66. The lowest BCUT2D eigenvalue weighted by Crippen LogP contribution is -2.42. The van der Waals surface area contributed by atoms with Crippen LogP contribution in [0.4, 0.5) is 11.4 Å². The maximum Gasteiger partial charge on any atom is 0.349 e. The molecular formula is C20H16N2O5. The fourth-order valence-corrected chi connectivity index (χ4v) is 3.01. The Bertz CT molecular complexity index is 1130. The predicted molar refractivity (Wildman–Crippen MR) is 100 cm³/mol. The zero-order chi connectivity index (χ0) is 19.1. The van der Waals surface area contributed by atoms with Gasteiger partial charge in [-0.1, -0.05) is 18.2 Å². The maximum atomic E-state index is 12.6. The Morgan fingerprint density at radius 2 is 1.89 bits per heavy atom. The first-order valence-electron chi connectivity index (χ1n) is 8.36. The molecule has 1 aromatic heterocycles. The highest BCUT2D eigenvalue weighted by Gasteiger charge is 2.29. The summed E-state index contributed by atoms with van der Waals surface area (Å²) in [6.45, 7) is 1.68. The van der Waals surface area contributed by atoms with Gasteiger partial charge in [0.15, 0.2) is 6.10 Å². The summed E-state index contributed by atoms with van der Waals surface area (Å²) in [5, 5.41) is 3.32. The van der Waals surface area contributed by atoms with Crippen molar-refractivity contribution < 1.29 is 18.7 Å². The Morgan fingerprint density at radius 3 is 2.70 bits per heavy atom. The molecule has 1 unspecified atom stereocenters. The van der Waals surface area contributed by atoms with Gasteiger partial charge >= 0.3 is 5.63 Å². The van der Waals surface area contributed by atoms with Gasteiger partial charge in [-0.15, -0.1) is 0 Å². The Hall–Kier alpha value is -3.61. The van der Waals surface area contributed by atoms with E-state index in [-0.39, 0.29) is 11.5 Å². The first-order valence-corrected chi connectivity index (χ1v) is 8.36. The van der Waals surface area contributed by atoms with Crippen LogP contribution in [0.3, 0.4) is 0 Å². The summed E-state index contributed by atoms with van der Waals surface area (Å²) in [5.41, 5.74) is 0.583. The fourth-order valence-electron chi connectivity index (χ4n) is 3.01. The smallest absolute Gasteiger partial charge is 0.349 e. The second-order valence-corrected chi connectivity index (χ2v) is 6.28. The van der Waals surface area contributed by atoms with E-state index in [9.17, 15) is 14.4 Å². The van der Waals surface area contributed by atoms with E-state index >= 15 is 0 Å². The third-order valence-corrected chi connectivity index (χ3v) is 4.45. The van der Waals surface area contributed by atoms with Crippen LogP contribution in [-0.2, 0) is 4.79 Å². The summed E-state index contributed by atoms with van der Waals surface area (Å²) in [6.07, 6.45) is -0.565. The normalized spacial score (nSPS) is 16.0. The van der Waals surface area contributed by atoms with Gasteiger partial charge in [-0.25, -0.2) is 4.79 Å². The number of rotatable bonds is 2. The summed E-state index contributed by atoms with van der Waals surface area (Å²) in [6, 6.07) is 13.4. The predicted octanol–water partition coefficient (Wildman–Crippen LogP) is 2.79. The van der Waals surface area contributed by atoms with Crippen LogP contribution in [0.15, 0.2) is 57.7 Å². The molecule has 0 bridgehead atoms. The van der Waals surface area contributed by atoms with E-state index in [2.05, 4.69) is 5.32 Å². The molecule has 2 aromatic carbocycles. The van der Waals surface area contributed by atoms with Gasteiger partial charge in [0.2, 0.25) is 0 Å². The van der Waals surface area contributed by atoms with Crippen molar-refractivity contribution in [3.8, 4) is 5.75 Å². The zero-order valence-electron chi connectivity index (χ0n) is 14.7. The molecule has 0 radical (unpaired) electrons. The van der Waals surface area contributed by atoms with E-state index < -0.39 is 17.6 Å². The third kappa shape index (κ3) is 2.93. The van der Waals surface area contributed by atoms with Crippen molar-refractivity contribution in [1.29, 1.82) is 0 Å². The Kier molecular flexibility index (Phi) is 3.92. The second kappa shape index (κ2) is 6.28. The van der Waals surface area contributed by atoms with Crippen molar-refractivity contribution in [2.24, 2.45) is 0 Å². The van der Waals surface area contributed by atoms with Crippen molar-refractivity contribution in [3.05, 3.63) is 64.5 Å². The second-order valence-electron chi connectivity index (χ2n) is 6.28. The molecule has 7 heteroatoms. The summed E-state index contributed by atoms with van der Waals surface area (Å²) in [7, 11) is 1.64. The minimum atomic E-state index is -0.714. The van der Waals surface area contributed by atoms with Crippen LogP contribution >= 0.6 is 0 Å². The molecule has 7 nitrogen and oxygen atoms in total. The number of amides is 2. The molecule has 136 valence electrons. The van der Waals surface area contributed by atoms with Crippen LogP contribution in [0.2, 0.25) is 0 Å². The van der Waals surface area contributed by atoms with Gasteiger partial charge in [0.1, 0.15) is 16.9 Å². The maximum absolute atomic E-state index is 12.6. The van der Waals surface area contributed by atoms with Crippen molar-refractivity contribution in [2.45, 2.75) is 13.0 Å². The number of hydrogen-bond acceptors (Lipinski definition) is 5. The average molecular weight is 364 g/mol. The number of benzene rings is 2. The Morgan fingerprint density at radius 1 is 1.11 bits per heavy atom. The molecule has 2 amide bonds. The summed E-state index contributed by atoms with van der Waals surface area (Å²) >= 11 is 0. The molecule has 1 aliphatic rings. The highest BCUT2D eigenvalue weighted by molar-refractivity contribution is 6.06. The fraction of sp³-hybridized carbons (Fsp3) is 0.150. The first-order chi connectivity index (χ1) is 12.9. The van der Waals surface area contributed by atoms with Crippen molar-refractivity contribution in [2.75, 3.05) is 17.3 Å². The molecule has 1 aliphatic heterocycles. The van der Waals surface area contributed by atoms with Crippen molar-refractivity contribution >= 4 is 34.2 Å². The van der Waals surface area contributed by atoms with Gasteiger partial charge < -0.3 is 19.4 Å². The molecule has 0 saturated heterocycles. The monoisotopic (exact) mass is 364 g/mol. The standard InChI is InChI=1S/C20H16N2O5/c1-11-19(24)22(2)15-10-13(7-8-17(15)26-11)21-18(23)14-9-12-5-3-4-6-16(12)27-20(14)25/h3-11H,1-2H3,(H,21,23). The van der Waals surface area contributed by atoms with Gasteiger partial charge in [-0.05, 0) is 37.3 Å². The zero-order valence-corrected chi connectivity index (χ0v) is 14.7. The molecule has 0 aliphatic carbocycles. The van der Waals surface area contributed by atoms with Crippen LogP contribution in [0.1, 0.15) is 17.3 Å². The lowest BCUT2D eigenvalue weighted by Gasteiger charge is -2.30. The van der Waals surface area contributed by atoms with Gasteiger partial charge in [0.05, 0.1) is 5.69 Å². The van der Waals surface area contributed by atoms with Crippen molar-refractivity contribution in [1.82, 2.24) is 0 Å². The van der Waals surface area contributed by atoms with Crippen LogP contribution in [0.25, 0.3) is 11.0 Å². The van der Waals surface area contributed by atoms with Crippen LogP contribution in [0.5, 0.6) is 5.75 Å². The minimum absolute atomic E-state index is 0.0966. The number of likely N-dealkylation sites (N-methyl/N-ethyl adjacent to an activating group) is 1. The summed E-state index contributed by atoms with van der Waals surface area (Å²) < 4.78 is 10.8. The van der Waals surface area contributed by atoms with Crippen molar-refractivity contribution in [3.63, 3.8) is 0 Å². The molecule has 0 saturated carbocycles. The molecule has 0 fully saturated rings. The highest BCUT2D eigenvalue weighted by Crippen LogP contribution is 2.35. The molecule has 1 N–H and O–H groups in total. The molecule has 1 atom stereocenters. The highest BCUT2D eigenvalue weighted by atomic mass is 16.5.